The third-order valence-corrected chi connectivity index (χ3v) is 2.73. The third kappa shape index (κ3) is 3.01. The number of aliphatic carboxylic acids is 1. The number of pyridine rings is 1. The van der Waals surface area contributed by atoms with Gasteiger partial charge in [0.1, 0.15) is 5.75 Å². The molecule has 0 radical (unpaired) electrons. The molecule has 5 heteroatoms. The minimum Gasteiger partial charge on any atom is -0.497 e. The Balaban J connectivity index is 2.33. The Kier molecular flexibility index (Phi) is 3.66. The fourth-order valence-corrected chi connectivity index (χ4v) is 1.74. The van der Waals surface area contributed by atoms with Crippen molar-refractivity contribution in [2.75, 3.05) is 7.11 Å². The molecule has 0 bridgehead atoms. The first-order chi connectivity index (χ1) is 9.10. The third-order valence-electron chi connectivity index (χ3n) is 2.73. The molecule has 19 heavy (non-hydrogen) atoms. The number of methoxy groups -OCH3 is 1. The second-order valence-electron chi connectivity index (χ2n) is 4.03. The van der Waals surface area contributed by atoms with E-state index in [1.165, 1.54) is 6.07 Å². The molecular weight excluding hydrogens is 246 g/mol. The van der Waals surface area contributed by atoms with E-state index in [0.717, 1.165) is 11.3 Å². The summed E-state index contributed by atoms with van der Waals surface area (Å²) >= 11 is 0. The van der Waals surface area contributed by atoms with E-state index in [2.05, 4.69) is 4.98 Å². The lowest BCUT2D eigenvalue weighted by atomic mass is 10.1. The lowest BCUT2D eigenvalue weighted by molar-refractivity contribution is -0.136. The Bertz CT molecular complexity index is 643. The summed E-state index contributed by atoms with van der Waals surface area (Å²) in [6, 6.07) is 10.5. The zero-order chi connectivity index (χ0) is 13.8. The van der Waals surface area contributed by atoms with Crippen LogP contribution in [0.5, 0.6) is 5.75 Å². The van der Waals surface area contributed by atoms with Gasteiger partial charge in [-0.05, 0) is 35.9 Å². The van der Waals surface area contributed by atoms with E-state index < -0.39 is 5.97 Å². The molecule has 0 aliphatic rings. The predicted octanol–water partition coefficient (Wildman–Crippen LogP) is 1.68. The van der Waals surface area contributed by atoms with E-state index in [-0.39, 0.29) is 17.5 Å². The molecule has 2 aromatic rings. The maximum atomic E-state index is 11.7. The number of aromatic nitrogens is 1. The first-order valence-corrected chi connectivity index (χ1v) is 5.68. The summed E-state index contributed by atoms with van der Waals surface area (Å²) in [5, 5.41) is 8.67. The normalized spacial score (nSPS) is 10.2. The molecule has 0 spiro atoms. The zero-order valence-corrected chi connectivity index (χ0v) is 10.3. The van der Waals surface area contributed by atoms with Crippen LogP contribution in [0.25, 0.3) is 11.3 Å². The highest BCUT2D eigenvalue weighted by atomic mass is 16.5. The monoisotopic (exact) mass is 259 g/mol. The van der Waals surface area contributed by atoms with Crippen molar-refractivity contribution >= 4 is 5.97 Å². The SMILES string of the molecule is COc1ccc(-c2ccc(CC(=O)O)c(=O)[nH]2)cc1. The van der Waals surface area contributed by atoms with Crippen molar-refractivity contribution in [2.24, 2.45) is 0 Å². The Labute approximate surface area is 109 Å². The summed E-state index contributed by atoms with van der Waals surface area (Å²) in [7, 11) is 1.58. The van der Waals surface area contributed by atoms with Gasteiger partial charge in [-0.1, -0.05) is 6.07 Å². The van der Waals surface area contributed by atoms with Crippen LogP contribution in [0.3, 0.4) is 0 Å². The average Bonchev–Trinajstić information content (AvgIpc) is 2.41. The Hall–Kier alpha value is -2.56. The number of H-pyrrole nitrogens is 1. The van der Waals surface area contributed by atoms with Crippen LogP contribution in [0.2, 0.25) is 0 Å². The van der Waals surface area contributed by atoms with Gasteiger partial charge >= 0.3 is 5.97 Å². The van der Waals surface area contributed by atoms with Gasteiger partial charge in [-0.25, -0.2) is 0 Å². The van der Waals surface area contributed by atoms with Crippen LogP contribution in [0.4, 0.5) is 0 Å². The molecule has 1 aromatic heterocycles. The molecule has 98 valence electrons. The van der Waals surface area contributed by atoms with Crippen molar-refractivity contribution in [1.82, 2.24) is 4.98 Å². The molecule has 0 unspecified atom stereocenters. The van der Waals surface area contributed by atoms with Crippen LogP contribution in [-0.4, -0.2) is 23.2 Å². The van der Waals surface area contributed by atoms with Gasteiger partial charge in [-0.3, -0.25) is 9.59 Å². The Morgan fingerprint density at radius 1 is 1.21 bits per heavy atom. The second-order valence-corrected chi connectivity index (χ2v) is 4.03. The van der Waals surface area contributed by atoms with E-state index in [9.17, 15) is 9.59 Å². The van der Waals surface area contributed by atoms with Crippen molar-refractivity contribution in [1.29, 1.82) is 0 Å². The fourth-order valence-electron chi connectivity index (χ4n) is 1.74. The standard InChI is InChI=1S/C14H13NO4/c1-19-11-5-2-9(3-6-11)12-7-4-10(8-13(16)17)14(18)15-12/h2-7H,8H2,1H3,(H,15,18)(H,16,17). The van der Waals surface area contributed by atoms with Crippen molar-refractivity contribution in [3.63, 3.8) is 0 Å². The molecule has 1 aromatic carbocycles. The zero-order valence-electron chi connectivity index (χ0n) is 10.3. The second kappa shape index (κ2) is 5.39. The largest absolute Gasteiger partial charge is 0.497 e. The maximum absolute atomic E-state index is 11.7. The molecule has 0 atom stereocenters. The molecule has 5 nitrogen and oxygen atoms in total. The highest BCUT2D eigenvalue weighted by molar-refractivity contribution is 5.70. The van der Waals surface area contributed by atoms with E-state index in [0.29, 0.717) is 5.69 Å². The van der Waals surface area contributed by atoms with Gasteiger partial charge in [-0.15, -0.1) is 0 Å². The number of nitrogens with one attached hydrogen (secondary N) is 1. The van der Waals surface area contributed by atoms with Crippen LogP contribution in [0, 0.1) is 0 Å². The highest BCUT2D eigenvalue weighted by Gasteiger charge is 2.07. The van der Waals surface area contributed by atoms with Crippen LogP contribution in [0.15, 0.2) is 41.2 Å². The number of carboxylic acid groups (broad SMARTS) is 1. The maximum Gasteiger partial charge on any atom is 0.308 e. The summed E-state index contributed by atoms with van der Waals surface area (Å²) in [5.41, 5.74) is 1.34. The first kappa shape index (κ1) is 12.9. The lowest BCUT2D eigenvalue weighted by Crippen LogP contribution is -2.16. The lowest BCUT2D eigenvalue weighted by Gasteiger charge is -2.04. The van der Waals surface area contributed by atoms with Gasteiger partial charge in [0.05, 0.1) is 13.5 Å². The average molecular weight is 259 g/mol. The van der Waals surface area contributed by atoms with Gasteiger partial charge in [0.25, 0.3) is 5.56 Å². The van der Waals surface area contributed by atoms with E-state index in [1.807, 2.05) is 12.1 Å². The van der Waals surface area contributed by atoms with E-state index in [1.54, 1.807) is 25.3 Å². The topological polar surface area (TPSA) is 79.4 Å². The number of aromatic amines is 1. The van der Waals surface area contributed by atoms with Crippen molar-refractivity contribution in [2.45, 2.75) is 6.42 Å². The van der Waals surface area contributed by atoms with E-state index >= 15 is 0 Å². The van der Waals surface area contributed by atoms with Gasteiger partial charge in [-0.2, -0.15) is 0 Å². The first-order valence-electron chi connectivity index (χ1n) is 5.68. The molecule has 0 aliphatic heterocycles. The summed E-state index contributed by atoms with van der Waals surface area (Å²) in [4.78, 5) is 25.0. The molecule has 2 N–H and O–H groups in total. The summed E-state index contributed by atoms with van der Waals surface area (Å²) in [6.45, 7) is 0. The predicted molar refractivity (Wildman–Crippen MR) is 70.4 cm³/mol. The van der Waals surface area contributed by atoms with Gasteiger partial charge in [0.2, 0.25) is 0 Å². The Morgan fingerprint density at radius 3 is 2.42 bits per heavy atom. The number of hydrogen-bond donors (Lipinski definition) is 2. The smallest absolute Gasteiger partial charge is 0.308 e. The Morgan fingerprint density at radius 2 is 1.89 bits per heavy atom. The van der Waals surface area contributed by atoms with E-state index in [4.69, 9.17) is 9.84 Å². The molecule has 2 rings (SSSR count). The number of carboxylic acids is 1. The van der Waals surface area contributed by atoms with Crippen LogP contribution < -0.4 is 10.3 Å². The minimum absolute atomic E-state index is 0.241. The summed E-state index contributed by atoms with van der Waals surface area (Å²) in [6.07, 6.45) is -0.280. The number of ether oxygens (including phenoxy) is 1. The number of rotatable bonds is 4. The highest BCUT2D eigenvalue weighted by Crippen LogP contribution is 2.19. The van der Waals surface area contributed by atoms with Crippen molar-refractivity contribution < 1.29 is 14.6 Å². The molecule has 1 heterocycles. The quantitative estimate of drug-likeness (QED) is 0.875. The van der Waals surface area contributed by atoms with Gasteiger partial charge < -0.3 is 14.8 Å². The van der Waals surface area contributed by atoms with Gasteiger partial charge in [0.15, 0.2) is 0 Å². The molecule has 0 amide bonds. The van der Waals surface area contributed by atoms with Crippen molar-refractivity contribution in [3.8, 4) is 17.0 Å². The van der Waals surface area contributed by atoms with Crippen molar-refractivity contribution in [3.05, 3.63) is 52.3 Å². The number of hydrogen-bond acceptors (Lipinski definition) is 3. The molecule has 0 aliphatic carbocycles. The van der Waals surface area contributed by atoms with Crippen LogP contribution >= 0.6 is 0 Å². The minimum atomic E-state index is -1.03. The molecule has 0 fully saturated rings. The fraction of sp³-hybridized carbons (Fsp3) is 0.143. The molecular formula is C14H13NO4. The van der Waals surface area contributed by atoms with Crippen LogP contribution in [-0.2, 0) is 11.2 Å². The molecule has 0 saturated carbocycles. The molecule has 0 saturated heterocycles. The summed E-state index contributed by atoms with van der Waals surface area (Å²) < 4.78 is 5.05. The number of carbonyl (C=O) groups is 1. The number of benzene rings is 1. The summed E-state index contributed by atoms with van der Waals surface area (Å²) in [5.74, 6) is -0.295. The van der Waals surface area contributed by atoms with Gasteiger partial charge in [0, 0.05) is 11.3 Å². The van der Waals surface area contributed by atoms with Crippen LogP contribution in [0.1, 0.15) is 5.56 Å².